The number of amides is 1. The third-order valence-electron chi connectivity index (χ3n) is 1.69. The van der Waals surface area contributed by atoms with Crippen LogP contribution in [-0.2, 0) is 4.79 Å². The van der Waals surface area contributed by atoms with Gasteiger partial charge < -0.3 is 16.5 Å². The Morgan fingerprint density at radius 3 is 2.71 bits per heavy atom. The molecule has 6 N–H and O–H groups in total. The second-order valence-electron chi connectivity index (χ2n) is 2.82. The van der Waals surface area contributed by atoms with E-state index in [4.69, 9.17) is 11.6 Å². The van der Waals surface area contributed by atoms with Gasteiger partial charge in [-0.15, -0.1) is 0 Å². The Morgan fingerprint density at radius 1 is 1.50 bits per heavy atom. The van der Waals surface area contributed by atoms with Crippen molar-refractivity contribution in [3.05, 3.63) is 18.2 Å². The summed E-state index contributed by atoms with van der Waals surface area (Å²) < 4.78 is 0. The maximum atomic E-state index is 10.7. The molecule has 1 amide bonds. The predicted molar refractivity (Wildman–Crippen MR) is 54.3 cm³/mol. The molecule has 14 heavy (non-hydrogen) atoms. The monoisotopic (exact) mass is 195 g/mol. The van der Waals surface area contributed by atoms with Crippen molar-refractivity contribution in [2.75, 3.05) is 10.7 Å². The molecule has 0 aliphatic rings. The zero-order valence-electron chi connectivity index (χ0n) is 7.82. The molecule has 1 atom stereocenters. The van der Waals surface area contributed by atoms with E-state index in [1.807, 2.05) is 0 Å². The highest BCUT2D eigenvalue weighted by Gasteiger charge is 2.08. The summed E-state index contributed by atoms with van der Waals surface area (Å²) in [6.07, 6.45) is 0. The first-order chi connectivity index (χ1) is 6.63. The van der Waals surface area contributed by atoms with Gasteiger partial charge in [-0.05, 0) is 19.1 Å². The molecule has 0 fully saturated rings. The number of pyridine rings is 1. The normalized spacial score (nSPS) is 11.9. The van der Waals surface area contributed by atoms with E-state index in [1.165, 1.54) is 0 Å². The Balaban J connectivity index is 2.71. The molecule has 1 aromatic heterocycles. The van der Waals surface area contributed by atoms with E-state index in [0.717, 1.165) is 0 Å². The van der Waals surface area contributed by atoms with Crippen LogP contribution in [0.5, 0.6) is 0 Å². The second-order valence-corrected chi connectivity index (χ2v) is 2.82. The van der Waals surface area contributed by atoms with E-state index >= 15 is 0 Å². The zero-order chi connectivity index (χ0) is 10.6. The lowest BCUT2D eigenvalue weighted by molar-refractivity contribution is -0.118. The van der Waals surface area contributed by atoms with E-state index < -0.39 is 11.9 Å². The minimum Gasteiger partial charge on any atom is -0.368 e. The molecular weight excluding hydrogens is 182 g/mol. The summed E-state index contributed by atoms with van der Waals surface area (Å²) in [5.74, 6) is 5.81. The molecule has 0 aliphatic heterocycles. The highest BCUT2D eigenvalue weighted by atomic mass is 16.1. The molecule has 0 radical (unpaired) electrons. The van der Waals surface area contributed by atoms with E-state index in [0.29, 0.717) is 11.6 Å². The van der Waals surface area contributed by atoms with Gasteiger partial charge in [0.25, 0.3) is 0 Å². The van der Waals surface area contributed by atoms with Crippen molar-refractivity contribution in [2.24, 2.45) is 11.6 Å². The molecule has 1 aromatic rings. The van der Waals surface area contributed by atoms with Crippen LogP contribution in [0, 0.1) is 0 Å². The zero-order valence-corrected chi connectivity index (χ0v) is 7.82. The van der Waals surface area contributed by atoms with E-state index in [1.54, 1.807) is 25.1 Å². The minimum absolute atomic E-state index is 0.432. The van der Waals surface area contributed by atoms with Crippen LogP contribution in [0.2, 0.25) is 0 Å². The number of nitrogens with zero attached hydrogens (tertiary/aromatic N) is 1. The van der Waals surface area contributed by atoms with Crippen LogP contribution in [0.25, 0.3) is 0 Å². The molecule has 6 nitrogen and oxygen atoms in total. The number of nitrogen functional groups attached to an aromatic ring is 1. The molecule has 0 bridgehead atoms. The third-order valence-corrected chi connectivity index (χ3v) is 1.69. The number of carbonyl (C=O) groups excluding carboxylic acids is 1. The Hall–Kier alpha value is -1.82. The SMILES string of the molecule is CC(Nc1cccc(NN)n1)C(N)=O. The van der Waals surface area contributed by atoms with Gasteiger partial charge in [0.1, 0.15) is 17.7 Å². The average molecular weight is 195 g/mol. The van der Waals surface area contributed by atoms with E-state index in [9.17, 15) is 4.79 Å². The molecule has 0 saturated carbocycles. The number of primary amides is 1. The average Bonchev–Trinajstić information content (AvgIpc) is 2.18. The highest BCUT2D eigenvalue weighted by Crippen LogP contribution is 2.08. The van der Waals surface area contributed by atoms with Crippen LogP contribution >= 0.6 is 0 Å². The summed E-state index contributed by atoms with van der Waals surface area (Å²) in [7, 11) is 0. The third kappa shape index (κ3) is 2.60. The van der Waals surface area contributed by atoms with Crippen molar-refractivity contribution in [1.29, 1.82) is 0 Å². The summed E-state index contributed by atoms with van der Waals surface area (Å²) >= 11 is 0. The maximum absolute atomic E-state index is 10.7. The smallest absolute Gasteiger partial charge is 0.239 e. The molecule has 0 aliphatic carbocycles. The predicted octanol–water partition coefficient (Wildman–Crippen LogP) is -0.347. The van der Waals surface area contributed by atoms with Crippen LogP contribution in [0.15, 0.2) is 18.2 Å². The van der Waals surface area contributed by atoms with Gasteiger partial charge in [-0.3, -0.25) is 4.79 Å². The topological polar surface area (TPSA) is 106 Å². The molecule has 0 aromatic carbocycles. The number of nitrogens with one attached hydrogen (secondary N) is 2. The van der Waals surface area contributed by atoms with Crippen LogP contribution < -0.4 is 22.3 Å². The van der Waals surface area contributed by atoms with Crippen molar-refractivity contribution in [3.63, 3.8) is 0 Å². The Morgan fingerprint density at radius 2 is 2.14 bits per heavy atom. The second kappa shape index (κ2) is 4.43. The lowest BCUT2D eigenvalue weighted by Gasteiger charge is -2.11. The van der Waals surface area contributed by atoms with Gasteiger partial charge in [0.15, 0.2) is 0 Å². The molecule has 0 spiro atoms. The number of rotatable bonds is 4. The Labute approximate surface area is 81.7 Å². The van der Waals surface area contributed by atoms with Gasteiger partial charge in [0.2, 0.25) is 5.91 Å². The molecule has 1 unspecified atom stereocenters. The number of hydrogen-bond acceptors (Lipinski definition) is 5. The van der Waals surface area contributed by atoms with Gasteiger partial charge in [-0.1, -0.05) is 6.07 Å². The summed E-state index contributed by atoms with van der Waals surface area (Å²) in [5, 5.41) is 2.83. The molecular formula is C8H13N5O. The van der Waals surface area contributed by atoms with Crippen LogP contribution in [-0.4, -0.2) is 16.9 Å². The molecule has 1 rings (SSSR count). The quantitative estimate of drug-likeness (QED) is 0.388. The van der Waals surface area contributed by atoms with Crippen molar-refractivity contribution in [1.82, 2.24) is 4.98 Å². The van der Waals surface area contributed by atoms with Crippen LogP contribution in [0.4, 0.5) is 11.6 Å². The van der Waals surface area contributed by atoms with Crippen molar-refractivity contribution in [2.45, 2.75) is 13.0 Å². The largest absolute Gasteiger partial charge is 0.368 e. The maximum Gasteiger partial charge on any atom is 0.239 e. The summed E-state index contributed by atoms with van der Waals surface area (Å²) in [6.45, 7) is 1.66. The summed E-state index contributed by atoms with van der Waals surface area (Å²) in [5.41, 5.74) is 7.49. The van der Waals surface area contributed by atoms with Gasteiger partial charge in [0, 0.05) is 0 Å². The van der Waals surface area contributed by atoms with Gasteiger partial charge >= 0.3 is 0 Å². The van der Waals surface area contributed by atoms with Crippen LogP contribution in [0.1, 0.15) is 6.92 Å². The molecule has 1 heterocycles. The van der Waals surface area contributed by atoms with Crippen LogP contribution in [0.3, 0.4) is 0 Å². The molecule has 0 saturated heterocycles. The summed E-state index contributed by atoms with van der Waals surface area (Å²) in [4.78, 5) is 14.8. The number of hydrazine groups is 1. The standard InChI is InChI=1S/C8H13N5O/c1-5(8(9)14)11-6-3-2-4-7(12-6)13-10/h2-5H,10H2,1H3,(H2,9,14)(H2,11,12,13). The van der Waals surface area contributed by atoms with Crippen molar-refractivity contribution < 1.29 is 4.79 Å². The first-order valence-electron chi connectivity index (χ1n) is 4.13. The number of carbonyl (C=O) groups is 1. The molecule has 76 valence electrons. The first kappa shape index (κ1) is 10.3. The number of aromatic nitrogens is 1. The fourth-order valence-corrected chi connectivity index (χ4v) is 0.888. The van der Waals surface area contributed by atoms with Gasteiger partial charge in [-0.2, -0.15) is 0 Å². The van der Waals surface area contributed by atoms with E-state index in [-0.39, 0.29) is 0 Å². The van der Waals surface area contributed by atoms with Crippen molar-refractivity contribution >= 4 is 17.5 Å². The lowest BCUT2D eigenvalue weighted by atomic mass is 10.3. The van der Waals surface area contributed by atoms with Gasteiger partial charge in [0.05, 0.1) is 0 Å². The number of hydrogen-bond donors (Lipinski definition) is 4. The van der Waals surface area contributed by atoms with Crippen molar-refractivity contribution in [3.8, 4) is 0 Å². The fourth-order valence-electron chi connectivity index (χ4n) is 0.888. The first-order valence-corrected chi connectivity index (χ1v) is 4.13. The Kier molecular flexibility index (Phi) is 3.24. The fraction of sp³-hybridized carbons (Fsp3) is 0.250. The summed E-state index contributed by atoms with van der Waals surface area (Å²) in [6, 6.07) is 4.73. The Bertz CT molecular complexity index is 327. The lowest BCUT2D eigenvalue weighted by Crippen LogP contribution is -2.32. The van der Waals surface area contributed by atoms with E-state index in [2.05, 4.69) is 15.7 Å². The molecule has 6 heteroatoms. The minimum atomic E-state index is -0.462. The van der Waals surface area contributed by atoms with Gasteiger partial charge in [-0.25, -0.2) is 10.8 Å². The number of anilines is 2. The highest BCUT2D eigenvalue weighted by molar-refractivity contribution is 5.82. The number of nitrogens with two attached hydrogens (primary N) is 2.